The lowest BCUT2D eigenvalue weighted by Gasteiger charge is -2.29. The standard InChI is InChI=1S/C13H22N5O5/c1-14-13-15-10-7(11(22)17(13)3)16(2)5-18(10)12-9(21)8(20)6(4-19)23-12/h5-6,8-9,11-12,19-22H,4H2,1-3H3,(H,14,15)/q+1/t6-,8-,9-,11?,12-/m1/s1. The molecule has 0 aromatic carbocycles. The number of guanidine groups is 1. The summed E-state index contributed by atoms with van der Waals surface area (Å²) in [5, 5.41) is 42.9. The molecule has 2 aliphatic heterocycles. The first-order valence-corrected chi connectivity index (χ1v) is 7.28. The fraction of sp³-hybridized carbons (Fsp3) is 0.692. The molecule has 1 saturated heterocycles. The molecule has 3 heterocycles. The van der Waals surface area contributed by atoms with E-state index in [0.717, 1.165) is 0 Å². The molecule has 0 radical (unpaired) electrons. The van der Waals surface area contributed by atoms with Crippen LogP contribution >= 0.6 is 0 Å². The van der Waals surface area contributed by atoms with Crippen LogP contribution in [0.2, 0.25) is 0 Å². The molecule has 1 aromatic rings. The van der Waals surface area contributed by atoms with Gasteiger partial charge in [-0.15, -0.1) is 0 Å². The number of imidazole rings is 1. The summed E-state index contributed by atoms with van der Waals surface area (Å²) < 4.78 is 8.84. The van der Waals surface area contributed by atoms with Crippen LogP contribution in [0.5, 0.6) is 0 Å². The highest BCUT2D eigenvalue weighted by Crippen LogP contribution is 2.32. The highest BCUT2D eigenvalue weighted by molar-refractivity contribution is 5.94. The van der Waals surface area contributed by atoms with Crippen molar-refractivity contribution in [1.29, 1.82) is 0 Å². The number of anilines is 1. The summed E-state index contributed by atoms with van der Waals surface area (Å²) in [6.07, 6.45) is -3.43. The Morgan fingerprint density at radius 1 is 1.30 bits per heavy atom. The Morgan fingerprint density at radius 3 is 2.57 bits per heavy atom. The van der Waals surface area contributed by atoms with Crippen LogP contribution in [0.4, 0.5) is 5.82 Å². The number of aliphatic hydroxyl groups is 4. The molecule has 1 fully saturated rings. The first-order valence-electron chi connectivity index (χ1n) is 7.28. The van der Waals surface area contributed by atoms with Gasteiger partial charge in [0.25, 0.3) is 11.8 Å². The van der Waals surface area contributed by atoms with Crippen LogP contribution in [0.25, 0.3) is 0 Å². The summed E-state index contributed by atoms with van der Waals surface area (Å²) in [6.45, 7) is -0.398. The molecule has 10 nitrogen and oxygen atoms in total. The van der Waals surface area contributed by atoms with Gasteiger partial charge in [-0.1, -0.05) is 0 Å². The van der Waals surface area contributed by atoms with Gasteiger partial charge in [0.15, 0.2) is 18.2 Å². The summed E-state index contributed by atoms with van der Waals surface area (Å²) in [6, 6.07) is 0. The summed E-state index contributed by atoms with van der Waals surface area (Å²) >= 11 is 0. The van der Waals surface area contributed by atoms with Crippen molar-refractivity contribution in [3.8, 4) is 0 Å². The zero-order chi connectivity index (χ0) is 16.9. The highest BCUT2D eigenvalue weighted by atomic mass is 16.6. The second-order valence-electron chi connectivity index (χ2n) is 5.75. The molecule has 5 N–H and O–H groups in total. The zero-order valence-corrected chi connectivity index (χ0v) is 13.2. The van der Waals surface area contributed by atoms with E-state index in [1.807, 2.05) is 0 Å². The van der Waals surface area contributed by atoms with E-state index in [9.17, 15) is 20.4 Å². The lowest BCUT2D eigenvalue weighted by molar-refractivity contribution is -0.753. The van der Waals surface area contributed by atoms with Gasteiger partial charge < -0.3 is 30.1 Å². The molecule has 23 heavy (non-hydrogen) atoms. The number of aliphatic imine (C=N–C) groups is 1. The number of aliphatic hydroxyl groups excluding tert-OH is 4. The Balaban J connectivity index is 2.04. The zero-order valence-electron chi connectivity index (χ0n) is 13.2. The van der Waals surface area contributed by atoms with Gasteiger partial charge >= 0.3 is 0 Å². The normalized spacial score (nSPS) is 35.5. The van der Waals surface area contributed by atoms with Crippen molar-refractivity contribution in [2.24, 2.45) is 12.0 Å². The van der Waals surface area contributed by atoms with E-state index < -0.39 is 37.4 Å². The van der Waals surface area contributed by atoms with Gasteiger partial charge in [-0.2, -0.15) is 0 Å². The number of nitrogens with zero attached hydrogens (tertiary/aromatic N) is 4. The average molecular weight is 328 g/mol. The van der Waals surface area contributed by atoms with Gasteiger partial charge in [-0.25, -0.2) is 14.9 Å². The molecule has 0 bridgehead atoms. The molecule has 2 aliphatic rings. The number of hydrogen-bond donors (Lipinski definition) is 5. The first kappa shape index (κ1) is 16.1. The first-order chi connectivity index (χ1) is 10.9. The second kappa shape index (κ2) is 5.73. The van der Waals surface area contributed by atoms with Gasteiger partial charge in [0, 0.05) is 14.1 Å². The van der Waals surface area contributed by atoms with Crippen molar-refractivity contribution in [3.63, 3.8) is 0 Å². The monoisotopic (exact) mass is 328 g/mol. The lowest BCUT2D eigenvalue weighted by atomic mass is 10.1. The molecular formula is C13H22N5O5+. The van der Waals surface area contributed by atoms with Crippen molar-refractivity contribution >= 4 is 11.8 Å². The van der Waals surface area contributed by atoms with Gasteiger partial charge in [0.05, 0.1) is 13.7 Å². The third-order valence-corrected chi connectivity index (χ3v) is 4.36. The minimum atomic E-state index is -1.20. The summed E-state index contributed by atoms with van der Waals surface area (Å²) in [4.78, 5) is 5.65. The van der Waals surface area contributed by atoms with E-state index in [-0.39, 0.29) is 0 Å². The fourth-order valence-corrected chi connectivity index (χ4v) is 3.05. The van der Waals surface area contributed by atoms with E-state index in [0.29, 0.717) is 17.5 Å². The van der Waals surface area contributed by atoms with Gasteiger partial charge in [-0.05, 0) is 0 Å². The predicted molar refractivity (Wildman–Crippen MR) is 78.3 cm³/mol. The maximum absolute atomic E-state index is 10.5. The lowest BCUT2D eigenvalue weighted by Crippen LogP contribution is -2.50. The maximum atomic E-state index is 10.5. The Morgan fingerprint density at radius 2 is 2.00 bits per heavy atom. The van der Waals surface area contributed by atoms with E-state index in [1.54, 1.807) is 41.5 Å². The van der Waals surface area contributed by atoms with Crippen molar-refractivity contribution in [3.05, 3.63) is 12.0 Å². The van der Waals surface area contributed by atoms with E-state index in [4.69, 9.17) is 4.74 Å². The number of fused-ring (bicyclic) bond motifs is 1. The molecule has 0 amide bonds. The molecule has 128 valence electrons. The smallest absolute Gasteiger partial charge is 0.271 e. The average Bonchev–Trinajstić information content (AvgIpc) is 3.01. The van der Waals surface area contributed by atoms with Crippen LogP contribution in [-0.2, 0) is 11.8 Å². The van der Waals surface area contributed by atoms with Crippen LogP contribution in [-0.4, -0.2) is 74.9 Å². The van der Waals surface area contributed by atoms with Gasteiger partial charge in [0.1, 0.15) is 18.3 Å². The van der Waals surface area contributed by atoms with Gasteiger partial charge in [0.2, 0.25) is 6.23 Å². The topological polar surface area (TPSA) is 127 Å². The SMILES string of the molecule is CN=C1Nc2c(n(C)c[n+]2[C@@H]2O[C@H](CO)[C@@H](O)[C@H]2O)C(O)N1C. The summed E-state index contributed by atoms with van der Waals surface area (Å²) in [7, 11) is 5.05. The van der Waals surface area contributed by atoms with Crippen molar-refractivity contribution in [2.75, 3.05) is 26.0 Å². The van der Waals surface area contributed by atoms with Crippen LogP contribution < -0.4 is 9.88 Å². The highest BCUT2D eigenvalue weighted by Gasteiger charge is 2.48. The number of ether oxygens (including phenoxy) is 1. The number of rotatable bonds is 2. The molecule has 5 atom stereocenters. The van der Waals surface area contributed by atoms with Crippen LogP contribution in [0.3, 0.4) is 0 Å². The number of aryl methyl sites for hydroxylation is 1. The van der Waals surface area contributed by atoms with Crippen molar-refractivity contribution in [2.45, 2.75) is 30.8 Å². The Labute approximate surface area is 132 Å². The third kappa shape index (κ3) is 2.30. The molecular weight excluding hydrogens is 306 g/mol. The minimum Gasteiger partial charge on any atom is -0.394 e. The molecule has 3 rings (SSSR count). The maximum Gasteiger partial charge on any atom is 0.271 e. The molecule has 10 heteroatoms. The van der Waals surface area contributed by atoms with E-state index in [2.05, 4.69) is 10.3 Å². The number of hydrogen-bond acceptors (Lipinski definition) is 6. The van der Waals surface area contributed by atoms with Crippen LogP contribution in [0.15, 0.2) is 11.3 Å². The molecule has 1 aromatic heterocycles. The summed E-state index contributed by atoms with van der Waals surface area (Å²) in [5.41, 5.74) is 0.567. The Hall–Kier alpha value is -1.72. The molecule has 1 unspecified atom stereocenters. The number of nitrogens with one attached hydrogen (secondary N) is 1. The molecule has 0 spiro atoms. The van der Waals surface area contributed by atoms with Crippen molar-refractivity contribution in [1.82, 2.24) is 9.47 Å². The van der Waals surface area contributed by atoms with Gasteiger partial charge in [-0.3, -0.25) is 4.57 Å². The van der Waals surface area contributed by atoms with E-state index >= 15 is 0 Å². The fourth-order valence-electron chi connectivity index (χ4n) is 3.05. The second-order valence-corrected chi connectivity index (χ2v) is 5.75. The number of aromatic nitrogens is 2. The minimum absolute atomic E-state index is 0.398. The predicted octanol–water partition coefficient (Wildman–Crippen LogP) is -2.74. The van der Waals surface area contributed by atoms with E-state index in [1.165, 1.54) is 0 Å². The quantitative estimate of drug-likeness (QED) is 0.373. The van der Waals surface area contributed by atoms with Crippen LogP contribution in [0, 0.1) is 0 Å². The van der Waals surface area contributed by atoms with Crippen molar-refractivity contribution < 1.29 is 29.7 Å². The Kier molecular flexibility index (Phi) is 4.02. The molecule has 0 saturated carbocycles. The summed E-state index contributed by atoms with van der Waals surface area (Å²) in [5.74, 6) is 0.963. The van der Waals surface area contributed by atoms with Crippen LogP contribution in [0.1, 0.15) is 18.1 Å². The molecule has 0 aliphatic carbocycles. The Bertz CT molecular complexity index is 633. The third-order valence-electron chi connectivity index (χ3n) is 4.36. The largest absolute Gasteiger partial charge is 0.394 e.